The van der Waals surface area contributed by atoms with Crippen molar-refractivity contribution in [3.8, 4) is 10.4 Å². The highest BCUT2D eigenvalue weighted by atomic mass is 32.1. The Balaban J connectivity index is 1.44. The topological polar surface area (TPSA) is 143 Å². The standard InChI is InChI=1S/C25H27F3N6O3S/c1-14-10-15(12-17(11-14)33-23-30-9-6-19(34-23)25(26,27)28)18-13-31-22(38-18)24(37)7-4-16(5-8-24)32-21(36)3-2-20(29)35/h6,9-13,16,37H,2-5,7-8H2,1H3,(H2,29,35)(H,32,36)(H,30,33,34)/t16-,24+. The molecule has 4 rings (SSSR count). The van der Waals surface area contributed by atoms with E-state index in [1.807, 2.05) is 13.0 Å². The van der Waals surface area contributed by atoms with Gasteiger partial charge in [0.15, 0.2) is 0 Å². The summed E-state index contributed by atoms with van der Waals surface area (Å²) in [5.74, 6) is -0.942. The van der Waals surface area contributed by atoms with Gasteiger partial charge >= 0.3 is 6.18 Å². The molecule has 2 amide bonds. The van der Waals surface area contributed by atoms with Crippen LogP contribution in [0.25, 0.3) is 10.4 Å². The first-order valence-electron chi connectivity index (χ1n) is 12.0. The van der Waals surface area contributed by atoms with Crippen LogP contribution in [0.2, 0.25) is 0 Å². The first kappa shape index (κ1) is 27.5. The molecule has 2 aromatic heterocycles. The smallest absolute Gasteiger partial charge is 0.383 e. The average Bonchev–Trinajstić information content (AvgIpc) is 3.35. The molecular formula is C25H27F3N6O3S. The third kappa shape index (κ3) is 6.84. The highest BCUT2D eigenvalue weighted by molar-refractivity contribution is 7.15. The van der Waals surface area contributed by atoms with Crippen molar-refractivity contribution in [1.29, 1.82) is 0 Å². The molecule has 38 heavy (non-hydrogen) atoms. The Bertz CT molecular complexity index is 1320. The maximum Gasteiger partial charge on any atom is 0.433 e. The van der Waals surface area contributed by atoms with Crippen LogP contribution in [0, 0.1) is 6.92 Å². The summed E-state index contributed by atoms with van der Waals surface area (Å²) < 4.78 is 39.0. The van der Waals surface area contributed by atoms with Gasteiger partial charge < -0.3 is 21.5 Å². The molecule has 5 N–H and O–H groups in total. The second-order valence-electron chi connectivity index (χ2n) is 9.35. The Kier molecular flexibility index (Phi) is 7.97. The van der Waals surface area contributed by atoms with Crippen LogP contribution in [0.15, 0.2) is 36.7 Å². The molecule has 2 heterocycles. The second-order valence-corrected chi connectivity index (χ2v) is 10.4. The van der Waals surface area contributed by atoms with Crippen LogP contribution >= 0.6 is 11.3 Å². The molecule has 0 spiro atoms. The third-order valence-electron chi connectivity index (χ3n) is 6.24. The van der Waals surface area contributed by atoms with Crippen molar-refractivity contribution in [2.45, 2.75) is 63.3 Å². The number of hydrogen-bond donors (Lipinski definition) is 4. The number of carbonyl (C=O) groups is 2. The van der Waals surface area contributed by atoms with E-state index in [0.717, 1.165) is 28.3 Å². The molecule has 0 unspecified atom stereocenters. The quantitative estimate of drug-likeness (QED) is 0.331. The lowest BCUT2D eigenvalue weighted by Gasteiger charge is -2.34. The fourth-order valence-corrected chi connectivity index (χ4v) is 5.37. The number of amides is 2. The number of aliphatic hydroxyl groups is 1. The number of benzene rings is 1. The Morgan fingerprint density at radius 2 is 1.92 bits per heavy atom. The summed E-state index contributed by atoms with van der Waals surface area (Å²) in [4.78, 5) is 35.5. The number of rotatable bonds is 8. The number of alkyl halides is 3. The lowest BCUT2D eigenvalue weighted by molar-refractivity contribution is -0.141. The number of primary amides is 1. The molecule has 13 heteroatoms. The van der Waals surface area contributed by atoms with Crippen molar-refractivity contribution in [3.05, 3.63) is 52.9 Å². The fourth-order valence-electron chi connectivity index (χ4n) is 4.32. The van der Waals surface area contributed by atoms with Crippen LogP contribution in [0.4, 0.5) is 24.8 Å². The van der Waals surface area contributed by atoms with Gasteiger partial charge in [0, 0.05) is 37.0 Å². The molecule has 0 atom stereocenters. The monoisotopic (exact) mass is 548 g/mol. The first-order chi connectivity index (χ1) is 17.9. The lowest BCUT2D eigenvalue weighted by atomic mass is 9.82. The van der Waals surface area contributed by atoms with Gasteiger partial charge in [0.2, 0.25) is 17.8 Å². The molecule has 0 radical (unpaired) electrons. The number of nitrogens with zero attached hydrogens (tertiary/aromatic N) is 3. The predicted molar refractivity (Wildman–Crippen MR) is 135 cm³/mol. The van der Waals surface area contributed by atoms with E-state index in [-0.39, 0.29) is 30.7 Å². The normalized spacial score (nSPS) is 19.7. The molecule has 1 fully saturated rings. The van der Waals surface area contributed by atoms with Crippen LogP contribution in [0.3, 0.4) is 0 Å². The molecule has 0 aliphatic heterocycles. The van der Waals surface area contributed by atoms with Gasteiger partial charge in [-0.2, -0.15) is 13.2 Å². The summed E-state index contributed by atoms with van der Waals surface area (Å²) >= 11 is 1.34. The van der Waals surface area contributed by atoms with E-state index in [0.29, 0.717) is 36.4 Å². The molecule has 1 aromatic carbocycles. The molecular weight excluding hydrogens is 521 g/mol. The van der Waals surface area contributed by atoms with Gasteiger partial charge in [-0.15, -0.1) is 11.3 Å². The zero-order chi connectivity index (χ0) is 27.5. The second kappa shape index (κ2) is 11.0. The summed E-state index contributed by atoms with van der Waals surface area (Å²) in [5, 5.41) is 17.6. The largest absolute Gasteiger partial charge is 0.433 e. The van der Waals surface area contributed by atoms with Gasteiger partial charge in [0.25, 0.3) is 0 Å². The van der Waals surface area contributed by atoms with Crippen molar-refractivity contribution >= 4 is 34.8 Å². The van der Waals surface area contributed by atoms with E-state index < -0.39 is 23.4 Å². The molecule has 1 aliphatic carbocycles. The number of anilines is 2. The molecule has 202 valence electrons. The molecule has 0 saturated heterocycles. The SMILES string of the molecule is Cc1cc(Nc2nccc(C(F)(F)F)n2)cc(-c2cnc([C@]3(O)CC[C@@H](NC(=O)CCC(N)=O)CC3)s2)c1. The minimum Gasteiger partial charge on any atom is -0.383 e. The van der Waals surface area contributed by atoms with Gasteiger partial charge in [-0.1, -0.05) is 6.07 Å². The fraction of sp³-hybridized carbons (Fsp3) is 0.400. The van der Waals surface area contributed by atoms with Crippen LogP contribution in [0.5, 0.6) is 0 Å². The highest BCUT2D eigenvalue weighted by Gasteiger charge is 2.38. The summed E-state index contributed by atoms with van der Waals surface area (Å²) in [6, 6.07) is 6.15. The van der Waals surface area contributed by atoms with Crippen molar-refractivity contribution in [3.63, 3.8) is 0 Å². The van der Waals surface area contributed by atoms with Crippen LogP contribution < -0.4 is 16.4 Å². The first-order valence-corrected chi connectivity index (χ1v) is 12.8. The van der Waals surface area contributed by atoms with Crippen LogP contribution in [-0.2, 0) is 21.4 Å². The lowest BCUT2D eigenvalue weighted by Crippen LogP contribution is -2.42. The maximum atomic E-state index is 13.0. The van der Waals surface area contributed by atoms with Crippen molar-refractivity contribution in [2.75, 3.05) is 5.32 Å². The molecule has 0 bridgehead atoms. The minimum absolute atomic E-state index is 0.00640. The zero-order valence-electron chi connectivity index (χ0n) is 20.5. The van der Waals surface area contributed by atoms with Crippen LogP contribution in [0.1, 0.15) is 54.8 Å². The molecule has 1 saturated carbocycles. The van der Waals surface area contributed by atoms with Gasteiger partial charge in [-0.25, -0.2) is 15.0 Å². The Morgan fingerprint density at radius 3 is 2.61 bits per heavy atom. The van der Waals surface area contributed by atoms with E-state index in [1.165, 1.54) is 11.3 Å². The van der Waals surface area contributed by atoms with E-state index >= 15 is 0 Å². The van der Waals surface area contributed by atoms with Crippen molar-refractivity contribution in [2.24, 2.45) is 5.73 Å². The van der Waals surface area contributed by atoms with Gasteiger partial charge in [-0.05, 0) is 61.9 Å². The number of aromatic nitrogens is 3. The van der Waals surface area contributed by atoms with E-state index in [4.69, 9.17) is 5.73 Å². The van der Waals surface area contributed by atoms with Gasteiger partial charge in [0.05, 0.1) is 4.88 Å². The summed E-state index contributed by atoms with van der Waals surface area (Å²) in [7, 11) is 0. The third-order valence-corrected chi connectivity index (χ3v) is 7.48. The Morgan fingerprint density at radius 1 is 1.18 bits per heavy atom. The number of nitrogens with one attached hydrogen (secondary N) is 2. The predicted octanol–water partition coefficient (Wildman–Crippen LogP) is 4.18. The summed E-state index contributed by atoms with van der Waals surface area (Å²) in [5.41, 5.74) is 5.07. The molecule has 1 aliphatic rings. The number of nitrogens with two attached hydrogens (primary N) is 1. The highest BCUT2D eigenvalue weighted by Crippen LogP contribution is 2.41. The Hall–Kier alpha value is -3.58. The summed E-state index contributed by atoms with van der Waals surface area (Å²) in [6.45, 7) is 1.86. The zero-order valence-corrected chi connectivity index (χ0v) is 21.3. The van der Waals surface area contributed by atoms with Crippen LogP contribution in [-0.4, -0.2) is 37.9 Å². The van der Waals surface area contributed by atoms with Crippen molar-refractivity contribution in [1.82, 2.24) is 20.3 Å². The number of thiazole rings is 1. The maximum absolute atomic E-state index is 13.0. The summed E-state index contributed by atoms with van der Waals surface area (Å²) in [6.07, 6.45) is 0.106. The number of hydrogen-bond acceptors (Lipinski definition) is 8. The van der Waals surface area contributed by atoms with E-state index in [2.05, 4.69) is 25.6 Å². The van der Waals surface area contributed by atoms with Gasteiger partial charge in [0.1, 0.15) is 16.3 Å². The Labute approximate surface area is 220 Å². The van der Waals surface area contributed by atoms with Crippen molar-refractivity contribution < 1.29 is 27.9 Å². The number of aryl methyl sites for hydroxylation is 1. The molecule has 3 aromatic rings. The number of halogens is 3. The molecule has 9 nitrogen and oxygen atoms in total. The number of carbonyl (C=O) groups excluding carboxylic acids is 2. The van der Waals surface area contributed by atoms with E-state index in [9.17, 15) is 27.9 Å². The van der Waals surface area contributed by atoms with Gasteiger partial charge in [-0.3, -0.25) is 9.59 Å². The van der Waals surface area contributed by atoms with E-state index in [1.54, 1.807) is 18.3 Å². The minimum atomic E-state index is -4.58. The average molecular weight is 549 g/mol.